The van der Waals surface area contributed by atoms with Gasteiger partial charge in [0.2, 0.25) is 0 Å². The van der Waals surface area contributed by atoms with E-state index < -0.39 is 18.0 Å². The third-order valence-corrected chi connectivity index (χ3v) is 2.93. The van der Waals surface area contributed by atoms with Gasteiger partial charge in [-0.1, -0.05) is 23.6 Å². The molecule has 0 aliphatic heterocycles. The van der Waals surface area contributed by atoms with Crippen molar-refractivity contribution in [1.29, 1.82) is 0 Å². The third kappa shape index (κ3) is 6.33. The van der Waals surface area contributed by atoms with Crippen LogP contribution in [-0.2, 0) is 14.3 Å². The van der Waals surface area contributed by atoms with E-state index >= 15 is 0 Å². The predicted molar refractivity (Wildman–Crippen MR) is 80.1 cm³/mol. The summed E-state index contributed by atoms with van der Waals surface area (Å²) in [7, 11) is 0. The van der Waals surface area contributed by atoms with Gasteiger partial charge in [0.25, 0.3) is 0 Å². The van der Waals surface area contributed by atoms with Gasteiger partial charge in [-0.15, -0.1) is 6.42 Å². The number of rotatable bonds is 6. The first kappa shape index (κ1) is 17.1. The van der Waals surface area contributed by atoms with Crippen LogP contribution in [0, 0.1) is 19.3 Å². The Kier molecular flexibility index (Phi) is 6.77. The molecular formula is C16H17ClO4. The molecular weight excluding hydrogens is 292 g/mol. The van der Waals surface area contributed by atoms with Crippen molar-refractivity contribution in [3.8, 4) is 18.1 Å². The summed E-state index contributed by atoms with van der Waals surface area (Å²) in [5.74, 6) is 1.74. The number of esters is 2. The molecule has 1 aromatic carbocycles. The first-order valence-electron chi connectivity index (χ1n) is 6.55. The second kappa shape index (κ2) is 8.33. The van der Waals surface area contributed by atoms with E-state index in [-0.39, 0.29) is 12.8 Å². The Morgan fingerprint density at radius 1 is 1.33 bits per heavy atom. The molecule has 1 atom stereocenters. The van der Waals surface area contributed by atoms with Crippen LogP contribution in [0.5, 0.6) is 5.75 Å². The Morgan fingerprint density at radius 2 is 2.00 bits per heavy atom. The van der Waals surface area contributed by atoms with Gasteiger partial charge in [0.15, 0.2) is 6.10 Å². The van der Waals surface area contributed by atoms with Crippen LogP contribution in [0.1, 0.15) is 31.7 Å². The highest BCUT2D eigenvalue weighted by Gasteiger charge is 2.11. The van der Waals surface area contributed by atoms with Crippen molar-refractivity contribution in [2.45, 2.75) is 39.2 Å². The molecule has 1 aromatic rings. The summed E-state index contributed by atoms with van der Waals surface area (Å²) < 4.78 is 10.0. The van der Waals surface area contributed by atoms with Gasteiger partial charge >= 0.3 is 11.9 Å². The number of carbonyl (C=O) groups excluding carboxylic acids is 2. The number of terminal acetylenes is 1. The van der Waals surface area contributed by atoms with Crippen LogP contribution in [0.4, 0.5) is 0 Å². The van der Waals surface area contributed by atoms with E-state index in [0.717, 1.165) is 5.56 Å². The topological polar surface area (TPSA) is 52.6 Å². The van der Waals surface area contributed by atoms with Crippen molar-refractivity contribution < 1.29 is 19.1 Å². The Morgan fingerprint density at radius 3 is 2.67 bits per heavy atom. The maximum absolute atomic E-state index is 11.7. The van der Waals surface area contributed by atoms with Crippen molar-refractivity contribution in [3.63, 3.8) is 0 Å². The summed E-state index contributed by atoms with van der Waals surface area (Å²) >= 11 is 5.93. The van der Waals surface area contributed by atoms with Gasteiger partial charge in [-0.2, -0.15) is 0 Å². The monoisotopic (exact) mass is 308 g/mol. The zero-order valence-corrected chi connectivity index (χ0v) is 12.8. The molecule has 0 N–H and O–H groups in total. The molecule has 1 rings (SSSR count). The number of hydrogen-bond donors (Lipinski definition) is 0. The zero-order valence-electron chi connectivity index (χ0n) is 12.0. The van der Waals surface area contributed by atoms with Gasteiger partial charge in [0.05, 0.1) is 5.02 Å². The number of halogens is 1. The molecule has 5 heteroatoms. The Bertz CT molecular complexity index is 560. The first-order chi connectivity index (χ1) is 9.92. The number of ether oxygens (including phenoxy) is 2. The van der Waals surface area contributed by atoms with E-state index in [1.54, 1.807) is 19.1 Å². The fourth-order valence-electron chi connectivity index (χ4n) is 1.53. The average molecular weight is 309 g/mol. The summed E-state index contributed by atoms with van der Waals surface area (Å²) in [6, 6.07) is 5.17. The lowest BCUT2D eigenvalue weighted by molar-refractivity contribution is -0.146. The number of aryl methyl sites for hydroxylation is 1. The van der Waals surface area contributed by atoms with Crippen molar-refractivity contribution in [1.82, 2.24) is 0 Å². The van der Waals surface area contributed by atoms with Crippen LogP contribution in [0.3, 0.4) is 0 Å². The molecule has 0 radical (unpaired) electrons. The maximum Gasteiger partial charge on any atom is 0.311 e. The molecule has 4 nitrogen and oxygen atoms in total. The van der Waals surface area contributed by atoms with E-state index in [9.17, 15) is 9.59 Å². The first-order valence-corrected chi connectivity index (χ1v) is 6.92. The van der Waals surface area contributed by atoms with Crippen molar-refractivity contribution in [2.24, 2.45) is 0 Å². The van der Waals surface area contributed by atoms with Crippen LogP contribution < -0.4 is 4.74 Å². The third-order valence-electron chi connectivity index (χ3n) is 2.62. The normalized spacial score (nSPS) is 11.3. The van der Waals surface area contributed by atoms with E-state index in [1.807, 2.05) is 13.0 Å². The Hall–Kier alpha value is -1.99. The van der Waals surface area contributed by atoms with Crippen molar-refractivity contribution in [3.05, 3.63) is 28.8 Å². The van der Waals surface area contributed by atoms with Gasteiger partial charge in [-0.05, 0) is 38.0 Å². The molecule has 0 heterocycles. The maximum atomic E-state index is 11.7. The van der Waals surface area contributed by atoms with Crippen LogP contribution >= 0.6 is 11.6 Å². The SMILES string of the molecule is C#CC(C)OC(=O)CCCC(=O)Oc1cc(C)ccc1Cl. The van der Waals surface area contributed by atoms with Gasteiger partial charge in [0, 0.05) is 12.8 Å². The average Bonchev–Trinajstić information content (AvgIpc) is 2.42. The largest absolute Gasteiger partial charge is 0.449 e. The molecule has 0 spiro atoms. The zero-order chi connectivity index (χ0) is 15.8. The minimum atomic E-state index is -0.560. The molecule has 1 unspecified atom stereocenters. The smallest absolute Gasteiger partial charge is 0.311 e. The highest BCUT2D eigenvalue weighted by Crippen LogP contribution is 2.25. The summed E-state index contributed by atoms with van der Waals surface area (Å²) in [5.41, 5.74) is 0.939. The fourth-order valence-corrected chi connectivity index (χ4v) is 1.69. The molecule has 21 heavy (non-hydrogen) atoms. The standard InChI is InChI=1S/C16H17ClO4/c1-4-12(3)20-15(18)6-5-7-16(19)21-14-10-11(2)8-9-13(14)17/h1,8-10,12H,5-7H2,2-3H3. The molecule has 0 fully saturated rings. The van der Waals surface area contributed by atoms with E-state index in [1.165, 1.54) is 0 Å². The lowest BCUT2D eigenvalue weighted by atomic mass is 10.2. The minimum absolute atomic E-state index is 0.101. The predicted octanol–water partition coefficient (Wildman–Crippen LogP) is 3.29. The second-order valence-electron chi connectivity index (χ2n) is 4.56. The van der Waals surface area contributed by atoms with E-state index in [2.05, 4.69) is 5.92 Å². The fraction of sp³-hybridized carbons (Fsp3) is 0.375. The Labute approximate surface area is 129 Å². The summed E-state index contributed by atoms with van der Waals surface area (Å²) in [6.07, 6.45) is 5.08. The molecule has 112 valence electrons. The minimum Gasteiger partial charge on any atom is -0.449 e. The number of benzene rings is 1. The van der Waals surface area contributed by atoms with Crippen molar-refractivity contribution >= 4 is 23.5 Å². The van der Waals surface area contributed by atoms with E-state index in [0.29, 0.717) is 17.2 Å². The van der Waals surface area contributed by atoms with Crippen LogP contribution in [0.2, 0.25) is 5.02 Å². The summed E-state index contributed by atoms with van der Waals surface area (Å²) in [4.78, 5) is 23.0. The summed E-state index contributed by atoms with van der Waals surface area (Å²) in [6.45, 7) is 3.47. The number of hydrogen-bond acceptors (Lipinski definition) is 4. The lowest BCUT2D eigenvalue weighted by Crippen LogP contribution is -2.14. The van der Waals surface area contributed by atoms with Gasteiger partial charge < -0.3 is 9.47 Å². The van der Waals surface area contributed by atoms with Crippen LogP contribution in [0.15, 0.2) is 18.2 Å². The molecule has 0 aliphatic carbocycles. The molecule has 0 aromatic heterocycles. The highest BCUT2D eigenvalue weighted by molar-refractivity contribution is 6.32. The van der Waals surface area contributed by atoms with Crippen LogP contribution in [0.25, 0.3) is 0 Å². The molecule has 0 amide bonds. The second-order valence-corrected chi connectivity index (χ2v) is 4.97. The highest BCUT2D eigenvalue weighted by atomic mass is 35.5. The molecule has 0 aliphatic rings. The molecule has 0 bridgehead atoms. The van der Waals surface area contributed by atoms with Gasteiger partial charge in [0.1, 0.15) is 5.75 Å². The Balaban J connectivity index is 2.36. The molecule has 0 saturated heterocycles. The molecule has 0 saturated carbocycles. The van der Waals surface area contributed by atoms with E-state index in [4.69, 9.17) is 27.5 Å². The quantitative estimate of drug-likeness (QED) is 0.460. The van der Waals surface area contributed by atoms with Gasteiger partial charge in [-0.3, -0.25) is 9.59 Å². The lowest BCUT2D eigenvalue weighted by Gasteiger charge is -2.08. The van der Waals surface area contributed by atoms with Crippen molar-refractivity contribution in [2.75, 3.05) is 0 Å². The number of carbonyl (C=O) groups is 2. The summed E-state index contributed by atoms with van der Waals surface area (Å²) in [5, 5.41) is 0.371. The van der Waals surface area contributed by atoms with Gasteiger partial charge in [-0.25, -0.2) is 0 Å². The van der Waals surface area contributed by atoms with Crippen LogP contribution in [-0.4, -0.2) is 18.0 Å².